The second kappa shape index (κ2) is 10.7. The lowest BCUT2D eigenvalue weighted by Crippen LogP contribution is -2.44. The minimum absolute atomic E-state index is 0.0604. The Morgan fingerprint density at radius 3 is 2.61 bits per heavy atom. The Morgan fingerprint density at radius 2 is 1.94 bits per heavy atom. The van der Waals surface area contributed by atoms with Crippen molar-refractivity contribution in [2.45, 2.75) is 26.0 Å². The Morgan fingerprint density at radius 1 is 1.17 bits per heavy atom. The second-order valence-electron chi connectivity index (χ2n) is 8.27. The van der Waals surface area contributed by atoms with Crippen molar-refractivity contribution in [3.05, 3.63) is 86.7 Å². The van der Waals surface area contributed by atoms with E-state index in [1.165, 1.54) is 29.5 Å². The maximum atomic E-state index is 13.0. The maximum absolute atomic E-state index is 13.0. The van der Waals surface area contributed by atoms with Crippen LogP contribution in [0, 0.1) is 0 Å². The van der Waals surface area contributed by atoms with Gasteiger partial charge in [-0.25, -0.2) is 14.5 Å². The number of benzene rings is 2. The van der Waals surface area contributed by atoms with Crippen molar-refractivity contribution in [1.82, 2.24) is 20.1 Å². The Bertz CT molecular complexity index is 1440. The molecule has 188 valence electrons. The van der Waals surface area contributed by atoms with Crippen molar-refractivity contribution in [2.75, 3.05) is 24.5 Å². The van der Waals surface area contributed by atoms with E-state index >= 15 is 0 Å². The number of anilines is 1. The first kappa shape index (κ1) is 25.7. The molecule has 0 saturated heterocycles. The van der Waals surface area contributed by atoms with Gasteiger partial charge < -0.3 is 19.7 Å². The first-order valence-electron chi connectivity index (χ1n) is 11.4. The average molecular weight is 530 g/mol. The lowest BCUT2D eigenvalue weighted by Gasteiger charge is -2.29. The average Bonchev–Trinajstić information content (AvgIpc) is 3.35. The van der Waals surface area contributed by atoms with Crippen LogP contribution in [0.1, 0.15) is 29.8 Å². The molecule has 1 amide bonds. The molecule has 0 fully saturated rings. The van der Waals surface area contributed by atoms with Crippen LogP contribution in [-0.2, 0) is 12.1 Å². The molecule has 2 heterocycles. The third-order valence-corrected chi connectivity index (χ3v) is 6.50. The van der Waals surface area contributed by atoms with E-state index in [-0.39, 0.29) is 23.7 Å². The van der Waals surface area contributed by atoms with E-state index in [1.807, 2.05) is 19.9 Å². The van der Waals surface area contributed by atoms with E-state index in [4.69, 9.17) is 27.6 Å². The van der Waals surface area contributed by atoms with Gasteiger partial charge in [-0.15, -0.1) is 0 Å². The highest BCUT2D eigenvalue weighted by Gasteiger charge is 2.34. The minimum atomic E-state index is -1.68. The largest absolute Gasteiger partial charge is 0.422 e. The van der Waals surface area contributed by atoms with Crippen LogP contribution in [-0.4, -0.2) is 45.4 Å². The van der Waals surface area contributed by atoms with E-state index in [0.717, 1.165) is 18.8 Å². The van der Waals surface area contributed by atoms with Crippen LogP contribution in [0.5, 0.6) is 0 Å². The number of amides is 1. The Kier molecular flexibility index (Phi) is 7.63. The number of halogens is 2. The normalized spacial score (nSPS) is 12.9. The number of rotatable bonds is 9. The monoisotopic (exact) mass is 529 g/mol. The van der Waals surface area contributed by atoms with Gasteiger partial charge >= 0.3 is 5.63 Å². The number of aliphatic hydroxyl groups is 1. The van der Waals surface area contributed by atoms with Crippen LogP contribution in [0.4, 0.5) is 5.69 Å². The van der Waals surface area contributed by atoms with Gasteiger partial charge in [-0.1, -0.05) is 29.3 Å². The predicted molar refractivity (Wildman–Crippen MR) is 139 cm³/mol. The third kappa shape index (κ3) is 5.38. The summed E-state index contributed by atoms with van der Waals surface area (Å²) in [5.41, 5.74) is -0.994. The molecular weight excluding hydrogens is 505 g/mol. The van der Waals surface area contributed by atoms with Gasteiger partial charge in [-0.3, -0.25) is 4.79 Å². The predicted octanol–water partition coefficient (Wildman–Crippen LogP) is 3.86. The highest BCUT2D eigenvalue weighted by atomic mass is 35.5. The molecule has 0 aliphatic heterocycles. The molecule has 0 aliphatic rings. The zero-order valence-corrected chi connectivity index (χ0v) is 21.3. The van der Waals surface area contributed by atoms with Gasteiger partial charge in [-0.2, -0.15) is 5.10 Å². The summed E-state index contributed by atoms with van der Waals surface area (Å²) in [6.07, 6.45) is 2.76. The fourth-order valence-corrected chi connectivity index (χ4v) is 4.64. The number of hydrogen-bond donors (Lipinski definition) is 2. The summed E-state index contributed by atoms with van der Waals surface area (Å²) in [6.45, 7) is 5.36. The number of aromatic nitrogens is 3. The summed E-state index contributed by atoms with van der Waals surface area (Å²) < 4.78 is 6.88. The summed E-state index contributed by atoms with van der Waals surface area (Å²) in [6, 6.07) is 11.6. The summed E-state index contributed by atoms with van der Waals surface area (Å²) in [5.74, 6) is -0.694. The van der Waals surface area contributed by atoms with Crippen LogP contribution in [0.2, 0.25) is 10.0 Å². The quantitative estimate of drug-likeness (QED) is 0.316. The highest BCUT2D eigenvalue weighted by Crippen LogP contribution is 2.31. The van der Waals surface area contributed by atoms with Crippen molar-refractivity contribution in [2.24, 2.45) is 0 Å². The fraction of sp³-hybridized carbons (Fsp3) is 0.280. The van der Waals surface area contributed by atoms with E-state index in [9.17, 15) is 14.7 Å². The fourth-order valence-electron chi connectivity index (χ4n) is 4.05. The molecule has 11 heteroatoms. The molecule has 2 N–H and O–H groups in total. The summed E-state index contributed by atoms with van der Waals surface area (Å²) in [4.78, 5) is 31.7. The Labute approximate surface area is 217 Å². The molecule has 2 aromatic heterocycles. The van der Waals surface area contributed by atoms with Crippen molar-refractivity contribution in [3.63, 3.8) is 0 Å². The van der Waals surface area contributed by atoms with Crippen LogP contribution >= 0.6 is 23.2 Å². The molecule has 0 radical (unpaired) electrons. The van der Waals surface area contributed by atoms with E-state index in [2.05, 4.69) is 20.3 Å². The molecule has 0 saturated carbocycles. The topological polar surface area (TPSA) is 113 Å². The van der Waals surface area contributed by atoms with E-state index in [1.54, 1.807) is 24.3 Å². The zero-order valence-electron chi connectivity index (χ0n) is 19.7. The first-order chi connectivity index (χ1) is 17.2. The molecule has 4 aromatic rings. The SMILES string of the molecule is CCN(CC)c1ccc2cc(C(=O)NCC(O)(Cn3cncn3)c3ccc(Cl)cc3Cl)c(=O)oc2c1. The Balaban J connectivity index is 1.61. The van der Waals surface area contributed by atoms with Gasteiger partial charge in [0, 0.05) is 45.8 Å². The number of fused-ring (bicyclic) bond motifs is 1. The number of carbonyl (C=O) groups is 1. The first-order valence-corrected chi connectivity index (χ1v) is 12.1. The summed E-state index contributed by atoms with van der Waals surface area (Å²) in [7, 11) is 0. The van der Waals surface area contributed by atoms with Crippen molar-refractivity contribution in [3.8, 4) is 0 Å². The molecule has 36 heavy (non-hydrogen) atoms. The lowest BCUT2D eigenvalue weighted by atomic mass is 9.93. The minimum Gasteiger partial charge on any atom is -0.422 e. The summed E-state index contributed by atoms with van der Waals surface area (Å²) in [5, 5.41) is 19.4. The van der Waals surface area contributed by atoms with Crippen LogP contribution in [0.25, 0.3) is 11.0 Å². The molecule has 9 nitrogen and oxygen atoms in total. The van der Waals surface area contributed by atoms with Gasteiger partial charge in [0.05, 0.1) is 13.1 Å². The number of hydrogen-bond acceptors (Lipinski definition) is 7. The van der Waals surface area contributed by atoms with Gasteiger partial charge in [-0.05, 0) is 44.2 Å². The smallest absolute Gasteiger partial charge is 0.349 e. The van der Waals surface area contributed by atoms with Crippen LogP contribution < -0.4 is 15.8 Å². The number of nitrogens with one attached hydrogen (secondary N) is 1. The third-order valence-electron chi connectivity index (χ3n) is 5.96. The van der Waals surface area contributed by atoms with Gasteiger partial charge in [0.1, 0.15) is 29.4 Å². The van der Waals surface area contributed by atoms with E-state index in [0.29, 0.717) is 21.6 Å². The van der Waals surface area contributed by atoms with Crippen molar-refractivity contribution < 1.29 is 14.3 Å². The molecule has 1 atom stereocenters. The van der Waals surface area contributed by atoms with Gasteiger partial charge in [0.2, 0.25) is 0 Å². The van der Waals surface area contributed by atoms with Gasteiger partial charge in [0.25, 0.3) is 5.91 Å². The molecule has 0 bridgehead atoms. The van der Waals surface area contributed by atoms with E-state index < -0.39 is 17.1 Å². The Hall–Kier alpha value is -3.40. The molecular formula is C25H25Cl2N5O4. The molecule has 4 rings (SSSR count). The zero-order chi connectivity index (χ0) is 25.9. The van der Waals surface area contributed by atoms with Crippen molar-refractivity contribution in [1.29, 1.82) is 0 Å². The molecule has 1 unspecified atom stereocenters. The second-order valence-corrected chi connectivity index (χ2v) is 9.12. The summed E-state index contributed by atoms with van der Waals surface area (Å²) >= 11 is 12.4. The number of nitrogens with zero attached hydrogens (tertiary/aromatic N) is 4. The highest BCUT2D eigenvalue weighted by molar-refractivity contribution is 6.35. The molecule has 0 aliphatic carbocycles. The maximum Gasteiger partial charge on any atom is 0.349 e. The van der Waals surface area contributed by atoms with Crippen LogP contribution in [0.15, 0.2) is 64.3 Å². The van der Waals surface area contributed by atoms with Gasteiger partial charge in [0.15, 0.2) is 0 Å². The number of carbonyl (C=O) groups excluding carboxylic acids is 1. The van der Waals surface area contributed by atoms with Crippen LogP contribution in [0.3, 0.4) is 0 Å². The lowest BCUT2D eigenvalue weighted by molar-refractivity contribution is 0.0153. The molecule has 2 aromatic carbocycles. The standard InChI is InChI=1S/C25H25Cl2N5O4/c1-3-31(4-2)18-7-5-16-9-19(24(34)36-22(16)11-18)23(33)29-12-25(35,13-32-15-28-14-30-32)20-8-6-17(26)10-21(20)27/h5-11,14-15,35H,3-4,12-13H2,1-2H3,(H,29,33). The van der Waals surface area contributed by atoms with Crippen molar-refractivity contribution >= 4 is 45.8 Å². The molecule has 0 spiro atoms.